The second kappa shape index (κ2) is 18.3. The van der Waals surface area contributed by atoms with Crippen LogP contribution in [0.3, 0.4) is 0 Å². The molecule has 0 atom stereocenters. The van der Waals surface area contributed by atoms with Crippen molar-refractivity contribution in [1.82, 2.24) is 14.8 Å². The molecule has 1 saturated heterocycles. The number of aryl methyl sites for hydroxylation is 4. The number of nitrogens with zero attached hydrogens (tertiary/aromatic N) is 3. The predicted molar refractivity (Wildman–Crippen MR) is 215 cm³/mol. The maximum absolute atomic E-state index is 13.1. The van der Waals surface area contributed by atoms with Crippen molar-refractivity contribution < 1.29 is 23.7 Å². The molecule has 1 fully saturated rings. The summed E-state index contributed by atoms with van der Waals surface area (Å²) in [4.78, 5) is 21.9. The molecule has 0 unspecified atom stereocenters. The Morgan fingerprint density at radius 1 is 0.722 bits per heavy atom. The predicted octanol–water partition coefficient (Wildman–Crippen LogP) is 9.14. The number of rotatable bonds is 14. The largest absolute Gasteiger partial charge is 0.497 e. The van der Waals surface area contributed by atoms with E-state index in [1.165, 1.54) is 16.7 Å². The molecule has 0 spiro atoms. The van der Waals surface area contributed by atoms with Crippen LogP contribution in [0.2, 0.25) is 0 Å². The minimum absolute atomic E-state index is 0.0301. The minimum atomic E-state index is 0.0301. The molecule has 5 aromatic rings. The van der Waals surface area contributed by atoms with Gasteiger partial charge in [-0.25, -0.2) is 4.98 Å². The summed E-state index contributed by atoms with van der Waals surface area (Å²) in [7, 11) is 1.65. The van der Waals surface area contributed by atoms with E-state index in [0.29, 0.717) is 37.9 Å². The van der Waals surface area contributed by atoms with Crippen molar-refractivity contribution >= 4 is 18.1 Å². The van der Waals surface area contributed by atoms with Crippen LogP contribution in [-0.2, 0) is 17.9 Å². The third-order valence-electron chi connectivity index (χ3n) is 9.50. The molecule has 278 valence electrons. The van der Waals surface area contributed by atoms with Crippen LogP contribution in [0.4, 0.5) is 0 Å². The van der Waals surface area contributed by atoms with Gasteiger partial charge in [-0.3, -0.25) is 9.69 Å². The van der Waals surface area contributed by atoms with Crippen LogP contribution in [0.15, 0.2) is 109 Å². The summed E-state index contributed by atoms with van der Waals surface area (Å²) in [6.45, 7) is 13.1. The van der Waals surface area contributed by atoms with E-state index < -0.39 is 0 Å². The van der Waals surface area contributed by atoms with E-state index in [1.54, 1.807) is 25.4 Å². The number of hydrogen-bond donors (Lipinski definition) is 0. The maximum Gasteiger partial charge on any atom is 0.246 e. The maximum atomic E-state index is 13.1. The zero-order valence-electron chi connectivity index (χ0n) is 31.9. The second-order valence-electron chi connectivity index (χ2n) is 13.7. The van der Waals surface area contributed by atoms with E-state index in [2.05, 4.69) is 60.1 Å². The number of benzene rings is 4. The number of aromatic nitrogens is 1. The number of amides is 1. The van der Waals surface area contributed by atoms with E-state index in [0.717, 1.165) is 64.7 Å². The second-order valence-corrected chi connectivity index (χ2v) is 13.7. The van der Waals surface area contributed by atoms with Crippen LogP contribution in [-0.4, -0.2) is 60.6 Å². The Morgan fingerprint density at radius 3 is 2.07 bits per heavy atom. The number of carbonyl (C=O) groups excluding carboxylic acids is 1. The molecule has 6 rings (SSSR count). The molecule has 1 aliphatic heterocycles. The van der Waals surface area contributed by atoms with Crippen molar-refractivity contribution in [2.75, 3.05) is 39.9 Å². The first-order chi connectivity index (χ1) is 26.2. The quantitative estimate of drug-likeness (QED) is 0.106. The fourth-order valence-electron chi connectivity index (χ4n) is 6.35. The average Bonchev–Trinajstić information content (AvgIpc) is 3.19. The van der Waals surface area contributed by atoms with Gasteiger partial charge >= 0.3 is 0 Å². The standard InChI is InChI=1S/C46H49N3O5/c1-33-8-15-42(16-9-33)52-26-6-7-37-10-14-40(34(2)27-37)31-48-22-24-49(25-23-48)45(50)21-13-39-28-35(3)46(36(4)29-39)54-44-20-19-43(30-47-44)53-32-38-11-17-41(51-5)18-12-38/h6-21,27-30H,22-26,31-32H2,1-5H3/b7-6+,21-13+. The van der Waals surface area contributed by atoms with Crippen molar-refractivity contribution in [3.05, 3.63) is 154 Å². The molecule has 0 N–H and O–H groups in total. The normalized spacial score (nSPS) is 13.4. The summed E-state index contributed by atoms with van der Waals surface area (Å²) in [5.41, 5.74) is 8.87. The van der Waals surface area contributed by atoms with Gasteiger partial charge in [0.05, 0.1) is 13.3 Å². The van der Waals surface area contributed by atoms with Gasteiger partial charge in [0.2, 0.25) is 11.8 Å². The van der Waals surface area contributed by atoms with E-state index in [9.17, 15) is 4.79 Å². The fourth-order valence-corrected chi connectivity index (χ4v) is 6.35. The summed E-state index contributed by atoms with van der Waals surface area (Å²) >= 11 is 0. The Kier molecular flexibility index (Phi) is 12.8. The Labute approximate surface area is 319 Å². The highest BCUT2D eigenvalue weighted by molar-refractivity contribution is 5.92. The van der Waals surface area contributed by atoms with Crippen LogP contribution in [0.25, 0.3) is 12.2 Å². The van der Waals surface area contributed by atoms with Crippen LogP contribution in [0.1, 0.15) is 44.5 Å². The van der Waals surface area contributed by atoms with E-state index in [-0.39, 0.29) is 5.91 Å². The van der Waals surface area contributed by atoms with E-state index >= 15 is 0 Å². The third kappa shape index (κ3) is 10.6. The zero-order valence-corrected chi connectivity index (χ0v) is 31.9. The number of ether oxygens (including phenoxy) is 4. The minimum Gasteiger partial charge on any atom is -0.497 e. The highest BCUT2D eigenvalue weighted by Crippen LogP contribution is 2.30. The number of hydrogen-bond acceptors (Lipinski definition) is 7. The Balaban J connectivity index is 0.942. The summed E-state index contributed by atoms with van der Waals surface area (Å²) in [5, 5.41) is 0. The lowest BCUT2D eigenvalue weighted by Gasteiger charge is -2.34. The van der Waals surface area contributed by atoms with Gasteiger partial charge in [0.25, 0.3) is 0 Å². The van der Waals surface area contributed by atoms with E-state index in [1.807, 2.05) is 85.5 Å². The zero-order chi connectivity index (χ0) is 37.9. The average molecular weight is 724 g/mol. The summed E-state index contributed by atoms with van der Waals surface area (Å²) in [6, 6.07) is 30.2. The molecule has 1 amide bonds. The Bertz CT molecular complexity index is 2040. The van der Waals surface area contributed by atoms with Gasteiger partial charge in [-0.1, -0.05) is 54.1 Å². The molecule has 1 aromatic heterocycles. The van der Waals surface area contributed by atoms with Crippen molar-refractivity contribution in [2.45, 2.75) is 40.8 Å². The molecule has 4 aromatic carbocycles. The van der Waals surface area contributed by atoms with Gasteiger partial charge in [0.1, 0.15) is 36.2 Å². The van der Waals surface area contributed by atoms with Crippen molar-refractivity contribution in [3.63, 3.8) is 0 Å². The number of methoxy groups -OCH3 is 1. The summed E-state index contributed by atoms with van der Waals surface area (Å²) in [5.74, 6) is 3.60. The van der Waals surface area contributed by atoms with Gasteiger partial charge in [0.15, 0.2) is 0 Å². The Hall–Kier alpha value is -5.86. The highest BCUT2D eigenvalue weighted by atomic mass is 16.5. The first-order valence-corrected chi connectivity index (χ1v) is 18.4. The molecule has 1 aliphatic rings. The lowest BCUT2D eigenvalue weighted by atomic mass is 10.0. The Morgan fingerprint density at radius 2 is 1.41 bits per heavy atom. The third-order valence-corrected chi connectivity index (χ3v) is 9.50. The summed E-state index contributed by atoms with van der Waals surface area (Å²) in [6.07, 6.45) is 9.38. The van der Waals surface area contributed by atoms with Gasteiger partial charge < -0.3 is 23.8 Å². The lowest BCUT2D eigenvalue weighted by Crippen LogP contribution is -2.47. The highest BCUT2D eigenvalue weighted by Gasteiger charge is 2.20. The number of carbonyl (C=O) groups is 1. The van der Waals surface area contributed by atoms with Crippen LogP contribution < -0.4 is 18.9 Å². The van der Waals surface area contributed by atoms with Gasteiger partial charge in [-0.05, 0) is 121 Å². The smallest absolute Gasteiger partial charge is 0.246 e. The molecule has 8 heteroatoms. The molecule has 0 saturated carbocycles. The van der Waals surface area contributed by atoms with Gasteiger partial charge in [0, 0.05) is 44.9 Å². The van der Waals surface area contributed by atoms with Gasteiger partial charge in [-0.2, -0.15) is 0 Å². The van der Waals surface area contributed by atoms with E-state index in [4.69, 9.17) is 18.9 Å². The molecule has 0 aliphatic carbocycles. The van der Waals surface area contributed by atoms with Crippen LogP contribution in [0, 0.1) is 27.7 Å². The fraction of sp³-hybridized carbons (Fsp3) is 0.261. The molecule has 2 heterocycles. The van der Waals surface area contributed by atoms with Crippen molar-refractivity contribution in [1.29, 1.82) is 0 Å². The van der Waals surface area contributed by atoms with Crippen molar-refractivity contribution in [2.24, 2.45) is 0 Å². The number of piperazine rings is 1. The molecule has 8 nitrogen and oxygen atoms in total. The van der Waals surface area contributed by atoms with Crippen LogP contribution >= 0.6 is 0 Å². The summed E-state index contributed by atoms with van der Waals surface area (Å²) < 4.78 is 23.1. The number of pyridine rings is 1. The topological polar surface area (TPSA) is 73.4 Å². The monoisotopic (exact) mass is 723 g/mol. The molecule has 54 heavy (non-hydrogen) atoms. The molecule has 0 bridgehead atoms. The first kappa shape index (κ1) is 37.9. The van der Waals surface area contributed by atoms with Crippen LogP contribution in [0.5, 0.6) is 28.9 Å². The lowest BCUT2D eigenvalue weighted by molar-refractivity contribution is -0.127. The van der Waals surface area contributed by atoms with Gasteiger partial charge in [-0.15, -0.1) is 0 Å². The van der Waals surface area contributed by atoms with Crippen molar-refractivity contribution in [3.8, 4) is 28.9 Å². The molecular weight excluding hydrogens is 675 g/mol. The SMILES string of the molecule is COc1ccc(COc2ccc(Oc3c(C)cc(/C=C/C(=O)N4CCN(Cc5ccc(/C=C/COc6ccc(C)cc6)cc5C)CC4)cc3C)nc2)cc1. The molecular formula is C46H49N3O5. The first-order valence-electron chi connectivity index (χ1n) is 18.4. The molecule has 0 radical (unpaired) electrons.